The van der Waals surface area contributed by atoms with Gasteiger partial charge >= 0.3 is 0 Å². The lowest BCUT2D eigenvalue weighted by Crippen LogP contribution is -2.45. The first-order chi connectivity index (χ1) is 13.6. The fourth-order valence-corrected chi connectivity index (χ4v) is 3.64. The van der Waals surface area contributed by atoms with E-state index in [9.17, 15) is 4.39 Å². The first kappa shape index (κ1) is 18.8. The number of hydrogen-bond donors (Lipinski definition) is 0. The van der Waals surface area contributed by atoms with Gasteiger partial charge in [-0.2, -0.15) is 0 Å². The third-order valence-corrected chi connectivity index (χ3v) is 5.48. The highest BCUT2D eigenvalue weighted by Crippen LogP contribution is 2.23. The monoisotopic (exact) mass is 379 g/mol. The summed E-state index contributed by atoms with van der Waals surface area (Å²) >= 11 is 0. The number of nitrogens with zero attached hydrogens (tertiary/aromatic N) is 3. The second kappa shape index (κ2) is 8.25. The number of piperazine rings is 1. The molecule has 146 valence electrons. The van der Waals surface area contributed by atoms with Crippen LogP contribution in [0.15, 0.2) is 52.9 Å². The summed E-state index contributed by atoms with van der Waals surface area (Å²) in [6.07, 6.45) is 0. The van der Waals surface area contributed by atoms with Gasteiger partial charge in [0.15, 0.2) is 0 Å². The van der Waals surface area contributed by atoms with E-state index in [4.69, 9.17) is 4.42 Å². The third kappa shape index (κ3) is 4.32. The average Bonchev–Trinajstić information content (AvgIpc) is 3.06. The largest absolute Gasteiger partial charge is 0.441 e. The van der Waals surface area contributed by atoms with Gasteiger partial charge < -0.3 is 4.42 Å². The maximum atomic E-state index is 13.1. The molecule has 0 saturated carbocycles. The predicted octanol–water partition coefficient (Wildman–Crippen LogP) is 4.42. The Hall–Kier alpha value is -2.50. The van der Waals surface area contributed by atoms with Gasteiger partial charge in [-0.05, 0) is 49.2 Å². The van der Waals surface area contributed by atoms with Gasteiger partial charge in [-0.1, -0.05) is 24.3 Å². The van der Waals surface area contributed by atoms with Crippen LogP contribution < -0.4 is 0 Å². The molecule has 4 nitrogen and oxygen atoms in total. The average molecular weight is 379 g/mol. The topological polar surface area (TPSA) is 32.5 Å². The molecule has 28 heavy (non-hydrogen) atoms. The highest BCUT2D eigenvalue weighted by atomic mass is 19.1. The Morgan fingerprint density at radius 2 is 1.54 bits per heavy atom. The van der Waals surface area contributed by atoms with Gasteiger partial charge in [-0.15, -0.1) is 0 Å². The number of halogens is 1. The lowest BCUT2D eigenvalue weighted by atomic mass is 10.1. The van der Waals surface area contributed by atoms with Gasteiger partial charge in [0.05, 0.1) is 5.69 Å². The van der Waals surface area contributed by atoms with Gasteiger partial charge in [0.25, 0.3) is 0 Å². The third-order valence-electron chi connectivity index (χ3n) is 5.48. The quantitative estimate of drug-likeness (QED) is 0.657. The molecule has 2 heterocycles. The van der Waals surface area contributed by atoms with Crippen LogP contribution in [0.4, 0.5) is 4.39 Å². The normalized spacial score (nSPS) is 15.8. The van der Waals surface area contributed by atoms with Gasteiger partial charge in [-0.25, -0.2) is 9.37 Å². The first-order valence-electron chi connectivity index (χ1n) is 9.80. The summed E-state index contributed by atoms with van der Waals surface area (Å²) in [5.74, 6) is 1.14. The molecule has 1 saturated heterocycles. The number of rotatable bonds is 5. The summed E-state index contributed by atoms with van der Waals surface area (Å²) in [4.78, 5) is 9.59. The van der Waals surface area contributed by atoms with E-state index in [1.807, 2.05) is 6.92 Å². The van der Waals surface area contributed by atoms with E-state index in [2.05, 4.69) is 46.0 Å². The number of oxazole rings is 1. The Bertz CT molecular complexity index is 927. The van der Waals surface area contributed by atoms with Crippen LogP contribution in [0.5, 0.6) is 0 Å². The van der Waals surface area contributed by atoms with Gasteiger partial charge in [0.2, 0.25) is 5.89 Å². The van der Waals surface area contributed by atoms with Crippen molar-refractivity contribution in [2.75, 3.05) is 26.2 Å². The standard InChI is InChI=1S/C23H26FN3O/c1-17-5-3-4-6-20(17)15-26-11-13-27(14-12-26)16-22-18(2)28-23(25-22)19-7-9-21(24)10-8-19/h3-10H,11-16H2,1-2H3. The maximum absolute atomic E-state index is 13.1. The van der Waals surface area contributed by atoms with Crippen molar-refractivity contribution in [2.24, 2.45) is 0 Å². The summed E-state index contributed by atoms with van der Waals surface area (Å²) < 4.78 is 19.0. The smallest absolute Gasteiger partial charge is 0.226 e. The van der Waals surface area contributed by atoms with Crippen LogP contribution in [-0.4, -0.2) is 41.0 Å². The SMILES string of the molecule is Cc1ccccc1CN1CCN(Cc2nc(-c3ccc(F)cc3)oc2C)CC1. The van der Waals surface area contributed by atoms with Crippen molar-refractivity contribution < 1.29 is 8.81 Å². The molecule has 0 radical (unpaired) electrons. The fraction of sp³-hybridized carbons (Fsp3) is 0.348. The van der Waals surface area contributed by atoms with Crippen LogP contribution in [0.1, 0.15) is 22.6 Å². The molecular formula is C23H26FN3O. The van der Waals surface area contributed by atoms with Crippen molar-refractivity contribution in [3.05, 3.63) is 76.9 Å². The van der Waals surface area contributed by atoms with Crippen molar-refractivity contribution >= 4 is 0 Å². The minimum absolute atomic E-state index is 0.254. The van der Waals surface area contributed by atoms with E-state index >= 15 is 0 Å². The van der Waals surface area contributed by atoms with Crippen LogP contribution in [0.2, 0.25) is 0 Å². The zero-order valence-corrected chi connectivity index (χ0v) is 16.5. The molecule has 1 fully saturated rings. The van der Waals surface area contributed by atoms with Crippen molar-refractivity contribution in [3.63, 3.8) is 0 Å². The molecule has 4 rings (SSSR count). The van der Waals surface area contributed by atoms with Crippen molar-refractivity contribution in [3.8, 4) is 11.5 Å². The Morgan fingerprint density at radius 3 is 2.21 bits per heavy atom. The van der Waals surface area contributed by atoms with Gasteiger partial charge in [-0.3, -0.25) is 9.80 Å². The van der Waals surface area contributed by atoms with Crippen LogP contribution in [0.25, 0.3) is 11.5 Å². The minimum atomic E-state index is -0.254. The molecule has 0 spiro atoms. The zero-order valence-electron chi connectivity index (χ0n) is 16.5. The van der Waals surface area contributed by atoms with E-state index in [0.29, 0.717) is 5.89 Å². The summed E-state index contributed by atoms with van der Waals surface area (Å²) in [6, 6.07) is 14.9. The molecule has 0 bridgehead atoms. The lowest BCUT2D eigenvalue weighted by molar-refractivity contribution is 0.120. The maximum Gasteiger partial charge on any atom is 0.226 e. The Labute approximate surface area is 165 Å². The molecule has 1 aliphatic rings. The molecule has 0 amide bonds. The van der Waals surface area contributed by atoms with Crippen molar-refractivity contribution in [2.45, 2.75) is 26.9 Å². The molecule has 2 aromatic carbocycles. The Morgan fingerprint density at radius 1 is 0.893 bits per heavy atom. The highest BCUT2D eigenvalue weighted by Gasteiger charge is 2.20. The molecule has 0 aliphatic carbocycles. The predicted molar refractivity (Wildman–Crippen MR) is 108 cm³/mol. The van der Waals surface area contributed by atoms with Gasteiger partial charge in [0.1, 0.15) is 11.6 Å². The Kier molecular flexibility index (Phi) is 5.55. The van der Waals surface area contributed by atoms with Crippen LogP contribution in [-0.2, 0) is 13.1 Å². The number of benzene rings is 2. The molecule has 0 atom stereocenters. The molecule has 1 aliphatic heterocycles. The minimum Gasteiger partial charge on any atom is -0.441 e. The molecule has 0 N–H and O–H groups in total. The molecule has 0 unspecified atom stereocenters. The van der Waals surface area contributed by atoms with Gasteiger partial charge in [0, 0.05) is 44.8 Å². The van der Waals surface area contributed by atoms with Crippen molar-refractivity contribution in [1.82, 2.24) is 14.8 Å². The Balaban J connectivity index is 1.35. The van der Waals surface area contributed by atoms with Crippen molar-refractivity contribution in [1.29, 1.82) is 0 Å². The second-order valence-corrected chi connectivity index (χ2v) is 7.51. The summed E-state index contributed by atoms with van der Waals surface area (Å²) in [7, 11) is 0. The lowest BCUT2D eigenvalue weighted by Gasteiger charge is -2.34. The summed E-state index contributed by atoms with van der Waals surface area (Å²) in [5.41, 5.74) is 4.54. The fourth-order valence-electron chi connectivity index (χ4n) is 3.64. The number of hydrogen-bond acceptors (Lipinski definition) is 4. The highest BCUT2D eigenvalue weighted by molar-refractivity contribution is 5.53. The van der Waals surface area contributed by atoms with E-state index in [-0.39, 0.29) is 5.82 Å². The van der Waals surface area contributed by atoms with Crippen LogP contribution >= 0.6 is 0 Å². The van der Waals surface area contributed by atoms with E-state index in [0.717, 1.165) is 56.3 Å². The molecule has 1 aromatic heterocycles. The van der Waals surface area contributed by atoms with Crippen LogP contribution in [0.3, 0.4) is 0 Å². The molecule has 3 aromatic rings. The first-order valence-corrected chi connectivity index (χ1v) is 9.80. The van der Waals surface area contributed by atoms with E-state index in [1.165, 1.54) is 23.3 Å². The zero-order chi connectivity index (χ0) is 19.5. The van der Waals surface area contributed by atoms with E-state index < -0.39 is 0 Å². The summed E-state index contributed by atoms with van der Waals surface area (Å²) in [5, 5.41) is 0. The van der Waals surface area contributed by atoms with E-state index in [1.54, 1.807) is 12.1 Å². The number of aromatic nitrogens is 1. The molecule has 5 heteroatoms. The molecular weight excluding hydrogens is 353 g/mol. The summed E-state index contributed by atoms with van der Waals surface area (Å²) in [6.45, 7) is 10.1. The number of aryl methyl sites for hydroxylation is 2. The second-order valence-electron chi connectivity index (χ2n) is 7.51. The van der Waals surface area contributed by atoms with Crippen LogP contribution in [0, 0.1) is 19.7 Å².